The highest BCUT2D eigenvalue weighted by Gasteiger charge is 2.17. The van der Waals surface area contributed by atoms with Gasteiger partial charge >= 0.3 is 0 Å². The van der Waals surface area contributed by atoms with Gasteiger partial charge in [-0.3, -0.25) is 13.4 Å². The molecule has 0 saturated heterocycles. The number of anilines is 3. The van der Waals surface area contributed by atoms with Crippen LogP contribution in [0.25, 0.3) is 0 Å². The molecular formula is C19H25N3O5S2. The van der Waals surface area contributed by atoms with Crippen molar-refractivity contribution in [1.82, 2.24) is 0 Å². The molecule has 1 amide bonds. The van der Waals surface area contributed by atoms with Gasteiger partial charge in [0.15, 0.2) is 0 Å². The van der Waals surface area contributed by atoms with Crippen molar-refractivity contribution in [3.05, 3.63) is 54.6 Å². The second kappa shape index (κ2) is 9.27. The van der Waals surface area contributed by atoms with Crippen LogP contribution in [0.15, 0.2) is 54.6 Å². The van der Waals surface area contributed by atoms with Gasteiger partial charge in [0.25, 0.3) is 0 Å². The van der Waals surface area contributed by atoms with Crippen LogP contribution in [0.5, 0.6) is 0 Å². The van der Waals surface area contributed by atoms with Crippen molar-refractivity contribution in [2.24, 2.45) is 0 Å². The molecule has 2 aromatic rings. The van der Waals surface area contributed by atoms with E-state index in [0.29, 0.717) is 23.5 Å². The predicted molar refractivity (Wildman–Crippen MR) is 116 cm³/mol. The van der Waals surface area contributed by atoms with Gasteiger partial charge in [0, 0.05) is 25.7 Å². The molecule has 0 fully saturated rings. The van der Waals surface area contributed by atoms with Gasteiger partial charge in [-0.25, -0.2) is 16.8 Å². The first-order valence-corrected chi connectivity index (χ1v) is 12.5. The number of benzene rings is 2. The Morgan fingerprint density at radius 1 is 0.897 bits per heavy atom. The van der Waals surface area contributed by atoms with E-state index in [9.17, 15) is 21.6 Å². The second-order valence-electron chi connectivity index (χ2n) is 6.60. The first kappa shape index (κ1) is 22.7. The van der Waals surface area contributed by atoms with Gasteiger partial charge in [0.2, 0.25) is 26.0 Å². The fourth-order valence-electron chi connectivity index (χ4n) is 2.66. The third kappa shape index (κ3) is 6.75. The molecule has 29 heavy (non-hydrogen) atoms. The van der Waals surface area contributed by atoms with E-state index in [1.54, 1.807) is 54.6 Å². The molecule has 0 spiro atoms. The van der Waals surface area contributed by atoms with E-state index >= 15 is 0 Å². The number of nitrogens with zero attached hydrogens (tertiary/aromatic N) is 2. The summed E-state index contributed by atoms with van der Waals surface area (Å²) in [6.07, 6.45) is 2.67. The molecule has 8 nitrogen and oxygen atoms in total. The lowest BCUT2D eigenvalue weighted by molar-refractivity contribution is -0.116. The van der Waals surface area contributed by atoms with Gasteiger partial charge in [-0.05, 0) is 36.8 Å². The Labute approximate surface area is 172 Å². The van der Waals surface area contributed by atoms with Crippen molar-refractivity contribution in [2.75, 3.05) is 40.0 Å². The smallest absolute Gasteiger partial charge is 0.232 e. The average molecular weight is 440 g/mol. The molecule has 0 unspecified atom stereocenters. The molecule has 0 aliphatic carbocycles. The molecule has 0 aromatic heterocycles. The van der Waals surface area contributed by atoms with Gasteiger partial charge in [-0.2, -0.15) is 0 Å². The van der Waals surface area contributed by atoms with Crippen molar-refractivity contribution in [3.8, 4) is 0 Å². The van der Waals surface area contributed by atoms with E-state index in [1.807, 2.05) is 0 Å². The Morgan fingerprint density at radius 2 is 1.52 bits per heavy atom. The lowest BCUT2D eigenvalue weighted by atomic mass is 10.2. The molecule has 0 atom stereocenters. The van der Waals surface area contributed by atoms with Crippen molar-refractivity contribution >= 4 is 43.0 Å². The van der Waals surface area contributed by atoms with E-state index in [2.05, 4.69) is 5.32 Å². The minimum Gasteiger partial charge on any atom is -0.326 e. The van der Waals surface area contributed by atoms with Crippen LogP contribution in [0.4, 0.5) is 17.1 Å². The summed E-state index contributed by atoms with van der Waals surface area (Å²) in [5.74, 6) is -0.286. The van der Waals surface area contributed by atoms with Crippen LogP contribution in [-0.4, -0.2) is 48.8 Å². The van der Waals surface area contributed by atoms with E-state index in [0.717, 1.165) is 16.8 Å². The fraction of sp³-hybridized carbons (Fsp3) is 0.316. The zero-order valence-electron chi connectivity index (χ0n) is 16.6. The lowest BCUT2D eigenvalue weighted by Crippen LogP contribution is -2.31. The molecule has 0 aliphatic rings. The zero-order chi connectivity index (χ0) is 21.7. The Hall–Kier alpha value is -2.59. The van der Waals surface area contributed by atoms with Crippen LogP contribution in [0.2, 0.25) is 0 Å². The first-order chi connectivity index (χ1) is 13.5. The van der Waals surface area contributed by atoms with Crippen molar-refractivity contribution < 1.29 is 21.6 Å². The maximum atomic E-state index is 12.2. The highest BCUT2D eigenvalue weighted by molar-refractivity contribution is 7.92. The van der Waals surface area contributed by atoms with Crippen LogP contribution in [-0.2, 0) is 24.8 Å². The normalized spacial score (nSPS) is 11.7. The summed E-state index contributed by atoms with van der Waals surface area (Å²) >= 11 is 0. The summed E-state index contributed by atoms with van der Waals surface area (Å²) in [6.45, 7) is 0.174. The third-order valence-corrected chi connectivity index (χ3v) is 6.60. The van der Waals surface area contributed by atoms with Crippen LogP contribution in [0.3, 0.4) is 0 Å². The highest BCUT2D eigenvalue weighted by Crippen LogP contribution is 2.21. The Balaban J connectivity index is 1.98. The molecule has 158 valence electrons. The third-order valence-electron chi connectivity index (χ3n) is 4.20. The second-order valence-corrected chi connectivity index (χ2v) is 10.5. The summed E-state index contributed by atoms with van der Waals surface area (Å²) in [6, 6.07) is 15.2. The van der Waals surface area contributed by atoms with Gasteiger partial charge < -0.3 is 5.32 Å². The number of hydrogen-bond donors (Lipinski definition) is 1. The monoisotopic (exact) mass is 439 g/mol. The molecule has 0 saturated carbocycles. The van der Waals surface area contributed by atoms with Gasteiger partial charge in [-0.1, -0.05) is 24.3 Å². The number of amides is 1. The predicted octanol–water partition coefficient (Wildman–Crippen LogP) is 2.27. The number of carbonyl (C=O) groups is 1. The molecule has 0 aliphatic heterocycles. The number of hydrogen-bond acceptors (Lipinski definition) is 5. The molecule has 1 N–H and O–H groups in total. The Bertz CT molecular complexity index is 1050. The van der Waals surface area contributed by atoms with E-state index in [1.165, 1.54) is 11.4 Å². The number of rotatable bonds is 9. The number of carbonyl (C=O) groups excluding carboxylic acids is 1. The molecule has 2 rings (SSSR count). The average Bonchev–Trinajstić information content (AvgIpc) is 2.63. The van der Waals surface area contributed by atoms with Gasteiger partial charge in [0.1, 0.15) is 0 Å². The van der Waals surface area contributed by atoms with Crippen molar-refractivity contribution in [3.63, 3.8) is 0 Å². The summed E-state index contributed by atoms with van der Waals surface area (Å²) in [5.41, 5.74) is 1.44. The van der Waals surface area contributed by atoms with Crippen LogP contribution in [0.1, 0.15) is 12.8 Å². The molecule has 10 heteroatoms. The Morgan fingerprint density at radius 3 is 2.10 bits per heavy atom. The molecule has 2 aromatic carbocycles. The van der Waals surface area contributed by atoms with E-state index in [4.69, 9.17) is 0 Å². The largest absolute Gasteiger partial charge is 0.326 e. The molecule has 0 heterocycles. The minimum absolute atomic E-state index is 0.116. The fourth-order valence-corrected chi connectivity index (χ4v) is 4.12. The number of sulfonamides is 2. The minimum atomic E-state index is -3.46. The van der Waals surface area contributed by atoms with Crippen molar-refractivity contribution in [1.29, 1.82) is 0 Å². The summed E-state index contributed by atoms with van der Waals surface area (Å²) < 4.78 is 49.8. The van der Waals surface area contributed by atoms with E-state index < -0.39 is 20.0 Å². The summed E-state index contributed by atoms with van der Waals surface area (Å²) in [7, 11) is -5.44. The van der Waals surface area contributed by atoms with Crippen LogP contribution >= 0.6 is 0 Å². The van der Waals surface area contributed by atoms with Crippen molar-refractivity contribution in [2.45, 2.75) is 12.8 Å². The maximum Gasteiger partial charge on any atom is 0.232 e. The van der Waals surface area contributed by atoms with E-state index in [-0.39, 0.29) is 18.9 Å². The molecule has 0 radical (unpaired) electrons. The number of para-hydroxylation sites is 1. The first-order valence-electron chi connectivity index (χ1n) is 8.85. The summed E-state index contributed by atoms with van der Waals surface area (Å²) in [5, 5.41) is 2.71. The van der Waals surface area contributed by atoms with Crippen LogP contribution < -0.4 is 13.9 Å². The standard InChI is InChI=1S/C19H25N3O5S2/c1-21(28(2,24)25)18-12-7-9-16(15-18)20-19(23)13-8-14-22(29(3,26)27)17-10-5-4-6-11-17/h4-7,9-12,15H,8,13-14H2,1-3H3,(H,20,23). The van der Waals surface area contributed by atoms with Crippen LogP contribution in [0, 0.1) is 0 Å². The molecule has 0 bridgehead atoms. The maximum absolute atomic E-state index is 12.2. The SMILES string of the molecule is CN(c1cccc(NC(=O)CCCN(c2ccccc2)S(C)(=O)=O)c1)S(C)(=O)=O. The Kier molecular flexibility index (Phi) is 7.26. The topological polar surface area (TPSA) is 104 Å². The zero-order valence-corrected chi connectivity index (χ0v) is 18.2. The van der Waals surface area contributed by atoms with Gasteiger partial charge in [-0.15, -0.1) is 0 Å². The summed E-state index contributed by atoms with van der Waals surface area (Å²) in [4.78, 5) is 12.2. The van der Waals surface area contributed by atoms with Gasteiger partial charge in [0.05, 0.1) is 23.9 Å². The number of nitrogens with one attached hydrogen (secondary N) is 1. The quantitative estimate of drug-likeness (QED) is 0.645. The lowest BCUT2D eigenvalue weighted by Gasteiger charge is -2.22. The molecular weight excluding hydrogens is 414 g/mol. The highest BCUT2D eigenvalue weighted by atomic mass is 32.2.